The highest BCUT2D eigenvalue weighted by atomic mass is 16.3. The highest BCUT2D eigenvalue weighted by Gasteiger charge is 2.21. The van der Waals surface area contributed by atoms with Crippen LogP contribution in [-0.4, -0.2) is 0 Å². The smallest absolute Gasteiger partial charge is 0.143 e. The van der Waals surface area contributed by atoms with E-state index in [-0.39, 0.29) is 0 Å². The van der Waals surface area contributed by atoms with E-state index in [4.69, 9.17) is 31.8 Å². The van der Waals surface area contributed by atoms with Crippen LogP contribution in [0.3, 0.4) is 0 Å². The topological polar surface area (TPSA) is 13.1 Å². The zero-order valence-electron chi connectivity index (χ0n) is 52.1. The number of hydrogen-bond acceptors (Lipinski definition) is 1. The van der Waals surface area contributed by atoms with Crippen molar-refractivity contribution in [3.8, 4) is 22.3 Å². The third-order valence-corrected chi connectivity index (χ3v) is 8.04. The van der Waals surface area contributed by atoms with Crippen LogP contribution in [0.5, 0.6) is 0 Å². The van der Waals surface area contributed by atoms with Gasteiger partial charge >= 0.3 is 0 Å². The normalized spacial score (nSPS) is 20.0. The average molecular weight is 639 g/mol. The van der Waals surface area contributed by atoms with Gasteiger partial charge in [0.25, 0.3) is 0 Å². The summed E-state index contributed by atoms with van der Waals surface area (Å²) < 4.78 is 258. The summed E-state index contributed by atoms with van der Waals surface area (Å²) in [5.74, 6) is 0. The van der Waals surface area contributed by atoms with E-state index in [1.807, 2.05) is 0 Å². The van der Waals surface area contributed by atoms with E-state index < -0.39 is 274 Å². The van der Waals surface area contributed by atoms with E-state index in [1.165, 1.54) is 0 Å². The molecular formula is C47H30O. The van der Waals surface area contributed by atoms with Crippen LogP contribution in [0.15, 0.2) is 174 Å². The maximum absolute atomic E-state index is 9.82. The Morgan fingerprint density at radius 2 is 1.02 bits per heavy atom. The summed E-state index contributed by atoms with van der Waals surface area (Å²) in [6.07, 6.45) is -0.876. The Morgan fingerprint density at radius 3 is 1.77 bits per heavy atom. The molecule has 10 aromatic rings. The molecule has 0 aliphatic heterocycles. The average Bonchev–Trinajstić information content (AvgIpc) is 3.80. The minimum atomic E-state index is -1.01. The predicted molar refractivity (Wildman–Crippen MR) is 204 cm³/mol. The second-order valence-corrected chi connectivity index (χ2v) is 10.6. The minimum absolute atomic E-state index is 0.418. The Kier molecular flexibility index (Phi) is 2.50. The zero-order chi connectivity index (χ0) is 56.0. The lowest BCUT2D eigenvalue weighted by molar-refractivity contribution is 0.673. The molecular weight excluding hydrogens is 581 g/mol. The molecule has 0 saturated carbocycles. The van der Waals surface area contributed by atoms with E-state index in [9.17, 15) is 11.0 Å². The standard InChI is InChI=1S/C47H30O/c1-3-18-35-31(13-1)15-10-16-33(35)28-30-12-9-17-34(29-30)44-37-20-5-7-22-39(37)45(40-23-8-6-21-38(40)44)41-24-11-25-43-46(41)42-27-26-32-14-2-4-19-36(32)47(42)48-43/h1-27,29H,28H2/i1D,2D,3D,4D,5D,6D,7D,8D,9D,10D,11D,12D,13D,14D,15D,16D,17D,18D,19D,20D,21D,22D,23D,24D,25D,26D,27D,29D. The molecule has 0 saturated heterocycles. The van der Waals surface area contributed by atoms with Crippen molar-refractivity contribution >= 4 is 65.0 Å². The molecule has 1 aromatic heterocycles. The second-order valence-electron chi connectivity index (χ2n) is 10.6. The van der Waals surface area contributed by atoms with Crippen LogP contribution in [0.4, 0.5) is 0 Å². The number of furan rings is 1. The van der Waals surface area contributed by atoms with Crippen LogP contribution in [0.25, 0.3) is 87.3 Å². The summed E-state index contributed by atoms with van der Waals surface area (Å²) in [5.41, 5.74) is -5.06. The molecule has 48 heavy (non-hydrogen) atoms. The van der Waals surface area contributed by atoms with Crippen molar-refractivity contribution in [3.63, 3.8) is 0 Å². The monoisotopic (exact) mass is 638 g/mol. The first-order valence-corrected chi connectivity index (χ1v) is 14.4. The van der Waals surface area contributed by atoms with Crippen molar-refractivity contribution in [2.75, 3.05) is 0 Å². The summed E-state index contributed by atoms with van der Waals surface area (Å²) >= 11 is 0. The predicted octanol–water partition coefficient (Wildman–Crippen LogP) is 13.1. The van der Waals surface area contributed by atoms with Crippen LogP contribution in [-0.2, 0) is 6.42 Å². The Morgan fingerprint density at radius 1 is 0.438 bits per heavy atom. The summed E-state index contributed by atoms with van der Waals surface area (Å²) in [6, 6.07) is -24.6. The van der Waals surface area contributed by atoms with E-state index in [2.05, 4.69) is 0 Å². The molecule has 1 heteroatoms. The highest BCUT2D eigenvalue weighted by Crippen LogP contribution is 2.47. The Hall–Kier alpha value is -6.18. The highest BCUT2D eigenvalue weighted by molar-refractivity contribution is 6.27. The fraction of sp³-hybridized carbons (Fsp3) is 0.0213. The maximum atomic E-state index is 9.82. The molecule has 10 rings (SSSR count). The van der Waals surface area contributed by atoms with Crippen molar-refractivity contribution in [1.29, 1.82) is 0 Å². The summed E-state index contributed by atoms with van der Waals surface area (Å²) in [5, 5.41) is -5.80. The Balaban J connectivity index is 1.47. The summed E-state index contributed by atoms with van der Waals surface area (Å²) in [7, 11) is 0. The number of rotatable bonds is 4. The lowest BCUT2D eigenvalue weighted by Crippen LogP contribution is -1.93. The van der Waals surface area contributed by atoms with Crippen molar-refractivity contribution < 1.29 is 42.8 Å². The molecule has 0 atom stereocenters. The van der Waals surface area contributed by atoms with Gasteiger partial charge in [-0.15, -0.1) is 0 Å². The first kappa shape index (κ1) is 11.2. The van der Waals surface area contributed by atoms with Gasteiger partial charge in [-0.25, -0.2) is 0 Å². The molecule has 0 amide bonds. The zero-order valence-corrected chi connectivity index (χ0v) is 24.1. The molecule has 0 bridgehead atoms. The molecule has 224 valence electrons. The van der Waals surface area contributed by atoms with Gasteiger partial charge in [-0.3, -0.25) is 0 Å². The lowest BCUT2D eigenvalue weighted by Gasteiger charge is -2.18. The lowest BCUT2D eigenvalue weighted by atomic mass is 9.84. The molecule has 0 aliphatic carbocycles. The van der Waals surface area contributed by atoms with E-state index >= 15 is 0 Å². The third-order valence-electron chi connectivity index (χ3n) is 8.04. The van der Waals surface area contributed by atoms with Crippen molar-refractivity contribution in [3.05, 3.63) is 180 Å². The molecule has 0 radical (unpaired) electrons. The number of fused-ring (bicyclic) bond motifs is 8. The van der Waals surface area contributed by atoms with Gasteiger partial charge in [0.1, 0.15) is 11.2 Å². The van der Waals surface area contributed by atoms with Gasteiger partial charge in [-0.2, -0.15) is 0 Å². The van der Waals surface area contributed by atoms with Gasteiger partial charge in [0.2, 0.25) is 0 Å². The Labute approximate surface area is 317 Å². The summed E-state index contributed by atoms with van der Waals surface area (Å²) in [4.78, 5) is 0. The first-order valence-electron chi connectivity index (χ1n) is 28.4. The maximum Gasteiger partial charge on any atom is 0.143 e. The van der Waals surface area contributed by atoms with E-state index in [0.29, 0.717) is 0 Å². The summed E-state index contributed by atoms with van der Waals surface area (Å²) in [6.45, 7) is 0. The largest absolute Gasteiger partial charge is 0.455 e. The second kappa shape index (κ2) is 10.7. The van der Waals surface area contributed by atoms with E-state index in [0.717, 1.165) is 0 Å². The third kappa shape index (κ3) is 4.11. The number of benzene rings is 9. The van der Waals surface area contributed by atoms with Gasteiger partial charge < -0.3 is 4.42 Å². The molecule has 1 heterocycles. The van der Waals surface area contributed by atoms with E-state index in [1.54, 1.807) is 0 Å². The molecule has 0 spiro atoms. The van der Waals surface area contributed by atoms with Gasteiger partial charge in [0, 0.05) is 16.2 Å². The van der Waals surface area contributed by atoms with Gasteiger partial charge in [0.05, 0.1) is 38.4 Å². The molecule has 0 aliphatic rings. The van der Waals surface area contributed by atoms with Crippen LogP contribution in [0.2, 0.25) is 0 Å². The molecule has 0 unspecified atom stereocenters. The van der Waals surface area contributed by atoms with Crippen molar-refractivity contribution in [2.24, 2.45) is 0 Å². The molecule has 0 fully saturated rings. The Bertz CT molecular complexity index is 4370. The van der Waals surface area contributed by atoms with Crippen LogP contribution in [0, 0.1) is 0 Å². The van der Waals surface area contributed by atoms with Crippen LogP contribution >= 0.6 is 0 Å². The quantitative estimate of drug-likeness (QED) is 0.175. The SMILES string of the molecule is [2H]c1c([2H])c(Cc2c([2H])c([2H])c([2H])c3c([2H])c([2H])c([2H])c([2H])c23)c([2H])c(-c2c3c([2H])c([2H])c([2H])c([2H])c3c(-c3c([2H])c([2H])c([2H])c4oc5c6c([2H])c([2H])c([2H])c([2H])c6c([2H])c([2H])c5c34)c3c([2H])c([2H])c([2H])c([2H])c23)c1[2H]. The number of hydrogen-bond donors (Lipinski definition) is 0. The van der Waals surface area contributed by atoms with Crippen LogP contribution in [0.1, 0.15) is 49.5 Å². The molecule has 1 nitrogen and oxygen atoms in total. The minimum Gasteiger partial charge on any atom is -0.455 e. The van der Waals surface area contributed by atoms with Crippen molar-refractivity contribution in [2.45, 2.75) is 6.42 Å². The fourth-order valence-corrected chi connectivity index (χ4v) is 6.05. The molecule has 9 aromatic carbocycles. The molecule has 0 N–H and O–H groups in total. The van der Waals surface area contributed by atoms with Gasteiger partial charge in [-0.1, -0.05) is 157 Å². The van der Waals surface area contributed by atoms with Gasteiger partial charge in [0.15, 0.2) is 0 Å². The fourth-order valence-electron chi connectivity index (χ4n) is 6.05. The van der Waals surface area contributed by atoms with Crippen LogP contribution < -0.4 is 0 Å². The first-order chi connectivity index (χ1) is 35.5. The van der Waals surface area contributed by atoms with Gasteiger partial charge in [-0.05, 0) is 89.6 Å². The van der Waals surface area contributed by atoms with Crippen molar-refractivity contribution in [1.82, 2.24) is 0 Å².